The van der Waals surface area contributed by atoms with Gasteiger partial charge in [-0.2, -0.15) is 0 Å². The Bertz CT molecular complexity index is 2360. The SMILES string of the molecule is CC1(C)c2cc(CC(Cc3ccccc3)c3ccccc3)ccc2-c2cc3c(cc21)-c1ccc(CC(c2ccccc2)c2ccccc2)cc1C3(C)C. The fourth-order valence-corrected chi connectivity index (χ4v) is 9.56. The maximum Gasteiger partial charge on any atom is 0.0159 e. The van der Waals surface area contributed by atoms with Crippen LogP contribution in [0.15, 0.2) is 170 Å². The summed E-state index contributed by atoms with van der Waals surface area (Å²) in [6.45, 7) is 9.73. The Kier molecular flexibility index (Phi) is 8.31. The molecule has 2 aliphatic rings. The zero-order valence-electron chi connectivity index (χ0n) is 31.4. The van der Waals surface area contributed by atoms with E-state index in [0.717, 1.165) is 19.3 Å². The molecule has 2 aliphatic carbocycles. The second kappa shape index (κ2) is 13.2. The van der Waals surface area contributed by atoms with Crippen molar-refractivity contribution < 1.29 is 0 Å². The Hall–Kier alpha value is -5.46. The number of benzene rings is 7. The molecule has 9 rings (SSSR count). The molecule has 260 valence electrons. The van der Waals surface area contributed by atoms with E-state index in [9.17, 15) is 0 Å². The first-order valence-corrected chi connectivity index (χ1v) is 19.4. The molecule has 0 bridgehead atoms. The van der Waals surface area contributed by atoms with Gasteiger partial charge < -0.3 is 0 Å². The molecule has 0 heteroatoms. The fraction of sp³-hybridized carbons (Fsp3) is 0.208. The Morgan fingerprint density at radius 3 is 1.19 bits per heavy atom. The third-order valence-corrected chi connectivity index (χ3v) is 12.5. The molecule has 0 heterocycles. The molecular weight excluding hydrogens is 637 g/mol. The zero-order chi connectivity index (χ0) is 36.2. The van der Waals surface area contributed by atoms with Gasteiger partial charge >= 0.3 is 0 Å². The summed E-state index contributed by atoms with van der Waals surface area (Å²) in [5.74, 6) is 0.736. The van der Waals surface area contributed by atoms with Crippen LogP contribution in [0.4, 0.5) is 0 Å². The van der Waals surface area contributed by atoms with Crippen LogP contribution in [-0.2, 0) is 30.1 Å². The van der Waals surface area contributed by atoms with Crippen molar-refractivity contribution in [2.75, 3.05) is 0 Å². The quantitative estimate of drug-likeness (QED) is 0.142. The van der Waals surface area contributed by atoms with Gasteiger partial charge in [-0.25, -0.2) is 0 Å². The number of rotatable bonds is 9. The summed E-state index contributed by atoms with van der Waals surface area (Å²) < 4.78 is 0. The summed E-state index contributed by atoms with van der Waals surface area (Å²) in [6.07, 6.45) is 3.03. The molecule has 0 radical (unpaired) electrons. The molecule has 0 fully saturated rings. The summed E-state index contributed by atoms with van der Waals surface area (Å²) in [5.41, 5.74) is 19.6. The minimum atomic E-state index is -0.0854. The van der Waals surface area contributed by atoms with Gasteiger partial charge in [0.25, 0.3) is 0 Å². The van der Waals surface area contributed by atoms with Crippen LogP contribution in [0.3, 0.4) is 0 Å². The average molecular weight is 685 g/mol. The van der Waals surface area contributed by atoms with E-state index < -0.39 is 0 Å². The minimum absolute atomic E-state index is 0.0805. The molecule has 0 saturated carbocycles. The van der Waals surface area contributed by atoms with E-state index in [1.807, 2.05) is 0 Å². The van der Waals surface area contributed by atoms with Crippen LogP contribution >= 0.6 is 0 Å². The molecule has 7 aromatic carbocycles. The smallest absolute Gasteiger partial charge is 0.0159 e. The fourth-order valence-electron chi connectivity index (χ4n) is 9.56. The number of fused-ring (bicyclic) bond motifs is 6. The first kappa shape index (κ1) is 33.4. The molecule has 7 aromatic rings. The van der Waals surface area contributed by atoms with Gasteiger partial charge in [-0.1, -0.05) is 185 Å². The van der Waals surface area contributed by atoms with Crippen molar-refractivity contribution in [3.8, 4) is 22.3 Å². The summed E-state index contributed by atoms with van der Waals surface area (Å²) in [4.78, 5) is 0. The maximum atomic E-state index is 2.55. The molecule has 0 aromatic heterocycles. The van der Waals surface area contributed by atoms with Crippen molar-refractivity contribution in [3.63, 3.8) is 0 Å². The lowest BCUT2D eigenvalue weighted by Gasteiger charge is -2.25. The standard InChI is InChI=1S/C53H48/c1-52(2)48-32-37(30-42(39-19-11-6-12-20-39)29-36-17-9-5-10-18-36)25-27-43(48)46-34-51-47(35-50(46)52)44-28-26-38(33-49(44)53(51,3)4)31-45(40-21-13-7-14-22-40)41-23-15-8-16-24-41/h5-28,32-35,42,45H,29-31H2,1-4H3. The molecule has 0 amide bonds. The highest BCUT2D eigenvalue weighted by atomic mass is 14.4. The Morgan fingerprint density at radius 2 is 0.717 bits per heavy atom. The van der Waals surface area contributed by atoms with Crippen LogP contribution in [0, 0.1) is 0 Å². The third-order valence-electron chi connectivity index (χ3n) is 12.5. The lowest BCUT2D eigenvalue weighted by atomic mass is 9.78. The van der Waals surface area contributed by atoms with Gasteiger partial charge in [0.15, 0.2) is 0 Å². The highest BCUT2D eigenvalue weighted by molar-refractivity contribution is 5.89. The predicted molar refractivity (Wildman–Crippen MR) is 223 cm³/mol. The van der Waals surface area contributed by atoms with Gasteiger partial charge in [-0.3, -0.25) is 0 Å². The van der Waals surface area contributed by atoms with Crippen LogP contribution in [0.25, 0.3) is 22.3 Å². The predicted octanol–water partition coefficient (Wildman–Crippen LogP) is 13.2. The highest BCUT2D eigenvalue weighted by Crippen LogP contribution is 2.56. The average Bonchev–Trinajstić information content (AvgIpc) is 3.55. The lowest BCUT2D eigenvalue weighted by molar-refractivity contribution is 0.647. The minimum Gasteiger partial charge on any atom is -0.0622 e. The second-order valence-corrected chi connectivity index (χ2v) is 16.5. The summed E-state index contributed by atoms with van der Waals surface area (Å²) in [5, 5.41) is 0. The topological polar surface area (TPSA) is 0 Å². The summed E-state index contributed by atoms with van der Waals surface area (Å²) >= 11 is 0. The van der Waals surface area contributed by atoms with Gasteiger partial charge in [-0.15, -0.1) is 0 Å². The molecule has 1 unspecified atom stereocenters. The van der Waals surface area contributed by atoms with Crippen molar-refractivity contribution in [1.29, 1.82) is 0 Å². The van der Waals surface area contributed by atoms with E-state index in [0.29, 0.717) is 11.8 Å². The molecule has 0 spiro atoms. The first-order valence-electron chi connectivity index (χ1n) is 19.4. The molecule has 0 nitrogen and oxygen atoms in total. The normalized spacial score (nSPS) is 15.0. The van der Waals surface area contributed by atoms with Gasteiger partial charge in [0.05, 0.1) is 0 Å². The molecule has 1 atom stereocenters. The van der Waals surface area contributed by atoms with Gasteiger partial charge in [0, 0.05) is 16.7 Å². The maximum absolute atomic E-state index is 2.55. The summed E-state index contributed by atoms with van der Waals surface area (Å²) in [6, 6.07) is 63.9. The monoisotopic (exact) mass is 684 g/mol. The van der Waals surface area contributed by atoms with Gasteiger partial charge in [-0.05, 0) is 115 Å². The van der Waals surface area contributed by atoms with E-state index in [4.69, 9.17) is 0 Å². The molecule has 0 saturated heterocycles. The lowest BCUT2D eigenvalue weighted by Crippen LogP contribution is -2.17. The third kappa shape index (κ3) is 5.95. The van der Waals surface area contributed by atoms with E-state index in [1.54, 1.807) is 0 Å². The molecular formula is C53H48. The highest BCUT2D eigenvalue weighted by Gasteiger charge is 2.42. The first-order chi connectivity index (χ1) is 25.8. The van der Waals surface area contributed by atoms with Gasteiger partial charge in [0.1, 0.15) is 0 Å². The van der Waals surface area contributed by atoms with Crippen molar-refractivity contribution in [3.05, 3.63) is 225 Å². The molecule has 53 heavy (non-hydrogen) atoms. The van der Waals surface area contributed by atoms with E-state index in [2.05, 4.69) is 198 Å². The number of hydrogen-bond donors (Lipinski definition) is 0. The van der Waals surface area contributed by atoms with Crippen LogP contribution in [0.2, 0.25) is 0 Å². The van der Waals surface area contributed by atoms with Crippen molar-refractivity contribution >= 4 is 0 Å². The Balaban J connectivity index is 1.04. The number of hydrogen-bond acceptors (Lipinski definition) is 0. The van der Waals surface area contributed by atoms with Crippen LogP contribution in [-0.4, -0.2) is 0 Å². The van der Waals surface area contributed by atoms with Crippen LogP contribution < -0.4 is 0 Å². The van der Waals surface area contributed by atoms with E-state index in [1.165, 1.54) is 77.9 Å². The Morgan fingerprint density at radius 1 is 0.340 bits per heavy atom. The van der Waals surface area contributed by atoms with Crippen molar-refractivity contribution in [2.24, 2.45) is 0 Å². The molecule has 0 N–H and O–H groups in total. The van der Waals surface area contributed by atoms with Gasteiger partial charge in [0.2, 0.25) is 0 Å². The second-order valence-electron chi connectivity index (χ2n) is 16.5. The Labute approximate surface area is 316 Å². The summed E-state index contributed by atoms with van der Waals surface area (Å²) in [7, 11) is 0. The van der Waals surface area contributed by atoms with Crippen LogP contribution in [0.5, 0.6) is 0 Å². The van der Waals surface area contributed by atoms with E-state index >= 15 is 0 Å². The van der Waals surface area contributed by atoms with E-state index in [-0.39, 0.29) is 10.8 Å². The van der Waals surface area contributed by atoms with Crippen molar-refractivity contribution in [1.82, 2.24) is 0 Å². The van der Waals surface area contributed by atoms with Crippen molar-refractivity contribution in [2.45, 2.75) is 69.6 Å². The zero-order valence-corrected chi connectivity index (χ0v) is 31.4. The molecule has 0 aliphatic heterocycles. The van der Waals surface area contributed by atoms with Crippen LogP contribution in [0.1, 0.15) is 95.2 Å². The largest absolute Gasteiger partial charge is 0.0622 e.